The number of carbonyl (C=O) groups is 1. The van der Waals surface area contributed by atoms with Crippen molar-refractivity contribution < 1.29 is 4.79 Å². The highest BCUT2D eigenvalue weighted by Gasteiger charge is 2.28. The lowest BCUT2D eigenvalue weighted by Gasteiger charge is -2.23. The summed E-state index contributed by atoms with van der Waals surface area (Å²) in [5, 5.41) is 2.84. The van der Waals surface area contributed by atoms with Crippen molar-refractivity contribution in [3.05, 3.63) is 60.7 Å². The molecule has 2 aromatic rings. The fraction of sp³-hybridized carbons (Fsp3) is 0.188. The molecular formula is C16H18N2OS. The van der Waals surface area contributed by atoms with E-state index in [2.05, 4.69) is 5.32 Å². The molecule has 104 valence electrons. The van der Waals surface area contributed by atoms with Crippen LogP contribution < -0.4 is 11.1 Å². The van der Waals surface area contributed by atoms with Crippen LogP contribution in [0, 0.1) is 0 Å². The van der Waals surface area contributed by atoms with Gasteiger partial charge in [-0.15, -0.1) is 11.8 Å². The van der Waals surface area contributed by atoms with Crippen molar-refractivity contribution in [3.8, 4) is 0 Å². The minimum Gasteiger partial charge on any atom is -0.324 e. The SMILES string of the molecule is CC(N)(CSc1ccccc1)C(=O)Nc1ccccc1. The summed E-state index contributed by atoms with van der Waals surface area (Å²) in [6.07, 6.45) is 0. The first-order valence-corrected chi connectivity index (χ1v) is 7.40. The van der Waals surface area contributed by atoms with E-state index in [0.29, 0.717) is 5.75 Å². The standard InChI is InChI=1S/C16H18N2OS/c1-16(17,12-20-14-10-6-3-7-11-14)15(19)18-13-8-4-2-5-9-13/h2-11H,12,17H2,1H3,(H,18,19). The molecule has 0 aliphatic carbocycles. The Kier molecular flexibility index (Phi) is 4.82. The first kappa shape index (κ1) is 14.6. The van der Waals surface area contributed by atoms with Crippen molar-refractivity contribution in [2.75, 3.05) is 11.1 Å². The van der Waals surface area contributed by atoms with Gasteiger partial charge in [-0.05, 0) is 31.2 Å². The fourth-order valence-corrected chi connectivity index (χ4v) is 2.56. The highest BCUT2D eigenvalue weighted by Crippen LogP contribution is 2.22. The molecule has 0 aliphatic heterocycles. The molecule has 1 amide bonds. The molecule has 2 aromatic carbocycles. The van der Waals surface area contributed by atoms with E-state index in [9.17, 15) is 4.79 Å². The molecule has 1 atom stereocenters. The number of hydrogen-bond acceptors (Lipinski definition) is 3. The summed E-state index contributed by atoms with van der Waals surface area (Å²) >= 11 is 1.58. The van der Waals surface area contributed by atoms with Gasteiger partial charge in [-0.2, -0.15) is 0 Å². The van der Waals surface area contributed by atoms with Crippen molar-refractivity contribution in [1.29, 1.82) is 0 Å². The Hall–Kier alpha value is -1.78. The van der Waals surface area contributed by atoms with Crippen LogP contribution in [0.5, 0.6) is 0 Å². The lowest BCUT2D eigenvalue weighted by Crippen LogP contribution is -2.50. The zero-order valence-corrected chi connectivity index (χ0v) is 12.2. The van der Waals surface area contributed by atoms with Gasteiger partial charge < -0.3 is 11.1 Å². The minimum atomic E-state index is -0.920. The van der Waals surface area contributed by atoms with Crippen LogP contribution in [0.2, 0.25) is 0 Å². The van der Waals surface area contributed by atoms with Gasteiger partial charge in [-0.25, -0.2) is 0 Å². The summed E-state index contributed by atoms with van der Waals surface area (Å²) in [7, 11) is 0. The molecule has 4 heteroatoms. The van der Waals surface area contributed by atoms with E-state index in [-0.39, 0.29) is 5.91 Å². The lowest BCUT2D eigenvalue weighted by atomic mass is 10.1. The van der Waals surface area contributed by atoms with E-state index >= 15 is 0 Å². The second kappa shape index (κ2) is 6.59. The zero-order valence-electron chi connectivity index (χ0n) is 11.4. The van der Waals surface area contributed by atoms with Gasteiger partial charge in [0.15, 0.2) is 0 Å². The molecule has 0 aromatic heterocycles. The molecule has 0 fully saturated rings. The van der Waals surface area contributed by atoms with Crippen molar-refractivity contribution in [3.63, 3.8) is 0 Å². The molecule has 0 heterocycles. The normalized spacial score (nSPS) is 13.5. The molecule has 20 heavy (non-hydrogen) atoms. The molecule has 0 spiro atoms. The smallest absolute Gasteiger partial charge is 0.245 e. The van der Waals surface area contributed by atoms with Crippen LogP contribution in [-0.2, 0) is 4.79 Å². The highest BCUT2D eigenvalue weighted by atomic mass is 32.2. The van der Waals surface area contributed by atoms with Crippen LogP contribution in [0.4, 0.5) is 5.69 Å². The Bertz CT molecular complexity index is 555. The predicted octanol–water partition coefficient (Wildman–Crippen LogP) is 3.13. The average Bonchev–Trinajstić information content (AvgIpc) is 2.47. The fourth-order valence-electron chi connectivity index (χ4n) is 1.61. The number of anilines is 1. The van der Waals surface area contributed by atoms with Crippen molar-refractivity contribution in [2.24, 2.45) is 5.73 Å². The predicted molar refractivity (Wildman–Crippen MR) is 84.8 cm³/mol. The molecule has 3 N–H and O–H groups in total. The highest BCUT2D eigenvalue weighted by molar-refractivity contribution is 7.99. The Balaban J connectivity index is 1.94. The maximum Gasteiger partial charge on any atom is 0.245 e. The van der Waals surface area contributed by atoms with Gasteiger partial charge in [-0.1, -0.05) is 36.4 Å². The number of rotatable bonds is 5. The van der Waals surface area contributed by atoms with Crippen LogP contribution in [0.25, 0.3) is 0 Å². The second-order valence-electron chi connectivity index (χ2n) is 4.84. The number of hydrogen-bond donors (Lipinski definition) is 2. The molecule has 0 saturated heterocycles. The van der Waals surface area contributed by atoms with Gasteiger partial charge in [0.1, 0.15) is 5.54 Å². The first-order valence-electron chi connectivity index (χ1n) is 6.41. The number of benzene rings is 2. The summed E-state index contributed by atoms with van der Waals surface area (Å²) in [4.78, 5) is 13.3. The maximum absolute atomic E-state index is 12.2. The molecule has 0 radical (unpaired) electrons. The van der Waals surface area contributed by atoms with Crippen LogP contribution in [0.1, 0.15) is 6.92 Å². The summed E-state index contributed by atoms with van der Waals surface area (Å²) in [6, 6.07) is 19.3. The van der Waals surface area contributed by atoms with Crippen LogP contribution in [0.3, 0.4) is 0 Å². The third-order valence-electron chi connectivity index (χ3n) is 2.83. The second-order valence-corrected chi connectivity index (χ2v) is 5.89. The van der Waals surface area contributed by atoms with E-state index in [4.69, 9.17) is 5.73 Å². The van der Waals surface area contributed by atoms with Gasteiger partial charge in [0, 0.05) is 16.3 Å². The minimum absolute atomic E-state index is 0.174. The quantitative estimate of drug-likeness (QED) is 0.830. The Morgan fingerprint density at radius 1 is 1.10 bits per heavy atom. The molecule has 3 nitrogen and oxygen atoms in total. The molecule has 0 aliphatic rings. The average molecular weight is 286 g/mol. The Morgan fingerprint density at radius 3 is 2.25 bits per heavy atom. The third-order valence-corrected chi connectivity index (χ3v) is 4.18. The van der Waals surface area contributed by atoms with Gasteiger partial charge >= 0.3 is 0 Å². The van der Waals surface area contributed by atoms with Crippen molar-refractivity contribution in [2.45, 2.75) is 17.4 Å². The van der Waals surface area contributed by atoms with Gasteiger partial charge in [-0.3, -0.25) is 4.79 Å². The van der Waals surface area contributed by atoms with Crippen molar-refractivity contribution >= 4 is 23.4 Å². The van der Waals surface area contributed by atoms with E-state index in [1.807, 2.05) is 60.7 Å². The van der Waals surface area contributed by atoms with Crippen LogP contribution >= 0.6 is 11.8 Å². The largest absolute Gasteiger partial charge is 0.324 e. The van der Waals surface area contributed by atoms with Gasteiger partial charge in [0.25, 0.3) is 0 Å². The van der Waals surface area contributed by atoms with Crippen LogP contribution in [0.15, 0.2) is 65.6 Å². The molecule has 0 saturated carbocycles. The summed E-state index contributed by atoms with van der Waals surface area (Å²) in [5.74, 6) is 0.350. The summed E-state index contributed by atoms with van der Waals surface area (Å²) < 4.78 is 0. The lowest BCUT2D eigenvalue weighted by molar-refractivity contribution is -0.119. The molecule has 2 rings (SSSR count). The number of para-hydroxylation sites is 1. The van der Waals surface area contributed by atoms with Crippen molar-refractivity contribution in [1.82, 2.24) is 0 Å². The monoisotopic (exact) mass is 286 g/mol. The van der Waals surface area contributed by atoms with Gasteiger partial charge in [0.2, 0.25) is 5.91 Å². The maximum atomic E-state index is 12.2. The van der Waals surface area contributed by atoms with E-state index in [1.165, 1.54) is 0 Å². The molecular weight excluding hydrogens is 268 g/mol. The van der Waals surface area contributed by atoms with Crippen LogP contribution in [-0.4, -0.2) is 17.2 Å². The third kappa shape index (κ3) is 4.11. The van der Waals surface area contributed by atoms with Gasteiger partial charge in [0.05, 0.1) is 0 Å². The Labute approximate surface area is 123 Å². The van der Waals surface area contributed by atoms with E-state index in [1.54, 1.807) is 18.7 Å². The summed E-state index contributed by atoms with van der Waals surface area (Å²) in [6.45, 7) is 1.75. The molecule has 1 unspecified atom stereocenters. The van der Waals surface area contributed by atoms with E-state index in [0.717, 1.165) is 10.6 Å². The number of nitrogens with one attached hydrogen (secondary N) is 1. The number of carbonyl (C=O) groups excluding carboxylic acids is 1. The topological polar surface area (TPSA) is 55.1 Å². The first-order chi connectivity index (χ1) is 9.58. The number of nitrogens with two attached hydrogens (primary N) is 1. The zero-order chi connectivity index (χ0) is 14.4. The van der Waals surface area contributed by atoms with E-state index < -0.39 is 5.54 Å². The molecule has 0 bridgehead atoms. The summed E-state index contributed by atoms with van der Waals surface area (Å²) in [5.41, 5.74) is 5.97. The Morgan fingerprint density at radius 2 is 1.65 bits per heavy atom. The number of thioether (sulfide) groups is 1. The number of amides is 1.